The molecule has 1 atom stereocenters. The standard InChI is InChI=1S/C30H48NO4S/c1-4-5-6-7-8-9-10-11-12-13-14-15-19-34-23-29(33-3)24-35-30(32)28-18-16-17-27(20-28)22-31-21-26(2)36-25-31/h16-18,20-21,25,29H,4-15,19,22-24H2,1-3H3/q+1. The third-order valence-electron chi connectivity index (χ3n) is 6.43. The number of hydrogen-bond donors (Lipinski definition) is 0. The van der Waals surface area contributed by atoms with Crippen LogP contribution in [0.2, 0.25) is 0 Å². The van der Waals surface area contributed by atoms with E-state index in [2.05, 4.69) is 30.1 Å². The summed E-state index contributed by atoms with van der Waals surface area (Å²) in [5, 5.41) is 0. The number of benzene rings is 1. The average Bonchev–Trinajstić information content (AvgIpc) is 3.30. The first-order valence-corrected chi connectivity index (χ1v) is 14.8. The van der Waals surface area contributed by atoms with E-state index in [0.29, 0.717) is 12.2 Å². The summed E-state index contributed by atoms with van der Waals surface area (Å²) in [5.74, 6) is -0.327. The molecule has 0 aliphatic carbocycles. The van der Waals surface area contributed by atoms with Crippen LogP contribution in [0.3, 0.4) is 0 Å². The second kappa shape index (κ2) is 19.4. The summed E-state index contributed by atoms with van der Waals surface area (Å²) in [4.78, 5) is 13.8. The highest BCUT2D eigenvalue weighted by molar-refractivity contribution is 7.09. The minimum atomic E-state index is -0.327. The second-order valence-corrected chi connectivity index (χ2v) is 10.8. The highest BCUT2D eigenvalue weighted by Crippen LogP contribution is 2.12. The number of thiazole rings is 1. The molecule has 1 aromatic carbocycles. The van der Waals surface area contributed by atoms with E-state index < -0.39 is 0 Å². The second-order valence-electron chi connectivity index (χ2n) is 9.76. The first-order valence-electron chi connectivity index (χ1n) is 13.9. The van der Waals surface area contributed by atoms with Crippen molar-refractivity contribution in [1.29, 1.82) is 0 Å². The van der Waals surface area contributed by atoms with Crippen LogP contribution in [-0.2, 0) is 20.8 Å². The van der Waals surface area contributed by atoms with Crippen LogP contribution in [0, 0.1) is 6.92 Å². The van der Waals surface area contributed by atoms with Gasteiger partial charge in [-0.05, 0) is 25.5 Å². The van der Waals surface area contributed by atoms with E-state index in [4.69, 9.17) is 14.2 Å². The highest BCUT2D eigenvalue weighted by atomic mass is 32.1. The number of nitrogens with zero attached hydrogens (tertiary/aromatic N) is 1. The third kappa shape index (κ3) is 13.5. The predicted molar refractivity (Wildman–Crippen MR) is 148 cm³/mol. The Morgan fingerprint density at radius 1 is 0.944 bits per heavy atom. The van der Waals surface area contributed by atoms with Gasteiger partial charge in [0.2, 0.25) is 5.51 Å². The molecule has 0 aliphatic rings. The molecule has 0 saturated carbocycles. The smallest absolute Gasteiger partial charge is 0.338 e. The zero-order valence-electron chi connectivity index (χ0n) is 22.8. The number of carbonyl (C=O) groups excluding carboxylic acids is 1. The Morgan fingerprint density at radius 3 is 2.22 bits per heavy atom. The van der Waals surface area contributed by atoms with Crippen LogP contribution in [0.1, 0.15) is 105 Å². The van der Waals surface area contributed by atoms with E-state index in [1.165, 1.54) is 75.5 Å². The molecular formula is C30H48NO4S+. The zero-order chi connectivity index (χ0) is 25.8. The van der Waals surface area contributed by atoms with Crippen LogP contribution < -0.4 is 4.57 Å². The highest BCUT2D eigenvalue weighted by Gasteiger charge is 2.14. The maximum atomic E-state index is 12.6. The van der Waals surface area contributed by atoms with Gasteiger partial charge in [-0.1, -0.05) is 101 Å². The lowest BCUT2D eigenvalue weighted by molar-refractivity contribution is -0.683. The minimum Gasteiger partial charge on any atom is -0.459 e. The normalized spacial score (nSPS) is 12.1. The fourth-order valence-electron chi connectivity index (χ4n) is 4.23. The SMILES string of the molecule is CCCCCCCCCCCCCCOCC(COC(=O)c1cccc(C[n+]2csc(C)c2)c1)OC. The van der Waals surface area contributed by atoms with Crippen LogP contribution in [0.5, 0.6) is 0 Å². The number of rotatable bonds is 21. The fraction of sp³-hybridized carbons (Fsp3) is 0.667. The molecule has 1 heterocycles. The molecule has 202 valence electrons. The van der Waals surface area contributed by atoms with E-state index in [0.717, 1.165) is 25.1 Å². The molecule has 2 rings (SSSR count). The van der Waals surface area contributed by atoms with Crippen LogP contribution in [0.15, 0.2) is 36.0 Å². The molecule has 0 aliphatic heterocycles. The molecule has 0 saturated heterocycles. The van der Waals surface area contributed by atoms with Crippen molar-refractivity contribution >= 4 is 17.3 Å². The van der Waals surface area contributed by atoms with Crippen LogP contribution in [0.4, 0.5) is 0 Å². The lowest BCUT2D eigenvalue weighted by Crippen LogP contribution is -2.30. The number of carbonyl (C=O) groups is 1. The summed E-state index contributed by atoms with van der Waals surface area (Å²) in [6, 6.07) is 7.62. The topological polar surface area (TPSA) is 48.6 Å². The van der Waals surface area contributed by atoms with Crippen molar-refractivity contribution in [2.45, 2.75) is 104 Å². The first kappa shape index (κ1) is 30.5. The molecule has 5 nitrogen and oxygen atoms in total. The van der Waals surface area contributed by atoms with Gasteiger partial charge in [0.1, 0.15) is 12.7 Å². The first-order chi connectivity index (χ1) is 17.6. The molecule has 0 N–H and O–H groups in total. The van der Waals surface area contributed by atoms with Gasteiger partial charge < -0.3 is 14.2 Å². The van der Waals surface area contributed by atoms with Gasteiger partial charge in [-0.15, -0.1) is 0 Å². The molecule has 0 fully saturated rings. The van der Waals surface area contributed by atoms with Gasteiger partial charge in [0.05, 0.1) is 17.0 Å². The number of aromatic nitrogens is 1. The monoisotopic (exact) mass is 518 g/mol. The van der Waals surface area contributed by atoms with Crippen molar-refractivity contribution in [3.8, 4) is 0 Å². The third-order valence-corrected chi connectivity index (χ3v) is 7.28. The molecule has 1 aromatic heterocycles. The lowest BCUT2D eigenvalue weighted by atomic mass is 10.1. The Morgan fingerprint density at radius 2 is 1.61 bits per heavy atom. The number of ether oxygens (including phenoxy) is 3. The van der Waals surface area contributed by atoms with Gasteiger partial charge in [0.25, 0.3) is 0 Å². The molecular weight excluding hydrogens is 470 g/mol. The molecule has 6 heteroatoms. The summed E-state index contributed by atoms with van der Waals surface area (Å²) in [6.45, 7) is 6.45. The van der Waals surface area contributed by atoms with Gasteiger partial charge in [0, 0.05) is 19.3 Å². The quantitative estimate of drug-likeness (QED) is 0.0989. The van der Waals surface area contributed by atoms with Gasteiger partial charge >= 0.3 is 5.97 Å². The number of aryl methyl sites for hydroxylation is 1. The predicted octanol–water partition coefficient (Wildman–Crippen LogP) is 7.28. The van der Waals surface area contributed by atoms with Crippen molar-refractivity contribution in [2.24, 2.45) is 0 Å². The molecule has 0 spiro atoms. The van der Waals surface area contributed by atoms with Crippen molar-refractivity contribution in [3.05, 3.63) is 52.0 Å². The van der Waals surface area contributed by atoms with Gasteiger partial charge in [-0.25, -0.2) is 4.79 Å². The van der Waals surface area contributed by atoms with E-state index in [1.807, 2.05) is 18.2 Å². The molecule has 2 aromatic rings. The Labute approximate surface area is 223 Å². The Kier molecular flexibility index (Phi) is 16.4. The van der Waals surface area contributed by atoms with Gasteiger partial charge in [-0.2, -0.15) is 4.57 Å². The number of unbranched alkanes of at least 4 members (excludes halogenated alkanes) is 11. The molecule has 1 unspecified atom stereocenters. The van der Waals surface area contributed by atoms with Gasteiger partial charge in [-0.3, -0.25) is 0 Å². The summed E-state index contributed by atoms with van der Waals surface area (Å²) in [7, 11) is 1.63. The molecule has 0 bridgehead atoms. The molecule has 0 radical (unpaired) electrons. The molecule has 36 heavy (non-hydrogen) atoms. The van der Waals surface area contributed by atoms with Crippen LogP contribution in [0.25, 0.3) is 0 Å². The van der Waals surface area contributed by atoms with Crippen molar-refractivity contribution < 1.29 is 23.6 Å². The summed E-state index contributed by atoms with van der Waals surface area (Å²) in [5.41, 5.74) is 3.72. The summed E-state index contributed by atoms with van der Waals surface area (Å²) < 4.78 is 18.9. The van der Waals surface area contributed by atoms with Crippen molar-refractivity contribution in [1.82, 2.24) is 0 Å². The minimum absolute atomic E-state index is 0.191. The van der Waals surface area contributed by atoms with Crippen molar-refractivity contribution in [3.63, 3.8) is 0 Å². The maximum Gasteiger partial charge on any atom is 0.338 e. The van der Waals surface area contributed by atoms with E-state index in [9.17, 15) is 4.79 Å². The lowest BCUT2D eigenvalue weighted by Gasteiger charge is -2.16. The molecule has 0 amide bonds. The average molecular weight is 519 g/mol. The maximum absolute atomic E-state index is 12.6. The van der Waals surface area contributed by atoms with Crippen molar-refractivity contribution in [2.75, 3.05) is 26.9 Å². The van der Waals surface area contributed by atoms with Crippen LogP contribution in [-0.4, -0.2) is 39.0 Å². The Balaban J connectivity index is 1.51. The number of hydrogen-bond acceptors (Lipinski definition) is 5. The largest absolute Gasteiger partial charge is 0.459 e. The van der Waals surface area contributed by atoms with Gasteiger partial charge in [0.15, 0.2) is 12.7 Å². The van der Waals surface area contributed by atoms with E-state index >= 15 is 0 Å². The summed E-state index contributed by atoms with van der Waals surface area (Å²) in [6.07, 6.45) is 17.8. The van der Waals surface area contributed by atoms with E-state index in [-0.39, 0.29) is 18.7 Å². The fourth-order valence-corrected chi connectivity index (χ4v) is 4.86. The zero-order valence-corrected chi connectivity index (χ0v) is 23.7. The Hall–Kier alpha value is -1.76. The number of methoxy groups -OCH3 is 1. The van der Waals surface area contributed by atoms with E-state index in [1.54, 1.807) is 24.5 Å². The Bertz CT molecular complexity index is 838. The van der Waals surface area contributed by atoms with Crippen LogP contribution >= 0.6 is 11.3 Å². The summed E-state index contributed by atoms with van der Waals surface area (Å²) >= 11 is 1.71. The number of esters is 1.